The zero-order chi connectivity index (χ0) is 8.81. The van der Waals surface area contributed by atoms with E-state index in [9.17, 15) is 0 Å². The smallest absolute Gasteiger partial charge is 0.222 e. The second-order valence-corrected chi connectivity index (χ2v) is 2.49. The third-order valence-corrected chi connectivity index (χ3v) is 1.55. The molecule has 4 nitrogen and oxygen atoms in total. The highest BCUT2D eigenvalue weighted by Gasteiger charge is 1.94. The molecule has 1 rings (SSSR count). The monoisotopic (exact) mass is 167 g/mol. The first-order valence-corrected chi connectivity index (χ1v) is 3.96. The van der Waals surface area contributed by atoms with Gasteiger partial charge in [0.05, 0.1) is 0 Å². The highest BCUT2D eigenvalue weighted by Crippen LogP contribution is 2.01. The lowest BCUT2D eigenvalue weighted by Crippen LogP contribution is -1.97. The molecule has 0 aliphatic heterocycles. The van der Waals surface area contributed by atoms with Crippen LogP contribution in [0.4, 0.5) is 5.95 Å². The van der Waals surface area contributed by atoms with Gasteiger partial charge in [-0.2, -0.15) is 0 Å². The number of aryl methyl sites for hydroxylation is 1. The van der Waals surface area contributed by atoms with Crippen LogP contribution in [-0.2, 0) is 6.42 Å². The van der Waals surface area contributed by atoms with Gasteiger partial charge in [0.15, 0.2) is 0 Å². The van der Waals surface area contributed by atoms with E-state index in [-0.39, 0.29) is 6.61 Å². The summed E-state index contributed by atoms with van der Waals surface area (Å²) >= 11 is 0. The summed E-state index contributed by atoms with van der Waals surface area (Å²) in [4.78, 5) is 8.09. The molecule has 0 aliphatic carbocycles. The lowest BCUT2D eigenvalue weighted by atomic mass is 10.2. The maximum absolute atomic E-state index is 8.58. The minimum Gasteiger partial charge on any atom is -0.396 e. The highest BCUT2D eigenvalue weighted by atomic mass is 16.2. The first-order valence-electron chi connectivity index (χ1n) is 3.96. The third kappa shape index (κ3) is 2.47. The number of nitrogens with zero attached hydrogens (tertiary/aromatic N) is 2. The molecule has 0 radical (unpaired) electrons. The van der Waals surface area contributed by atoms with Crippen molar-refractivity contribution in [3.05, 3.63) is 18.0 Å². The molecule has 0 bridgehead atoms. The van der Waals surface area contributed by atoms with Crippen molar-refractivity contribution in [1.82, 2.24) is 9.97 Å². The van der Waals surface area contributed by atoms with E-state index in [1.165, 1.54) is 0 Å². The number of hydrogen-bond acceptors (Lipinski definition) is 4. The van der Waals surface area contributed by atoms with Gasteiger partial charge in [-0.05, 0) is 18.4 Å². The first kappa shape index (κ1) is 8.93. The van der Waals surface area contributed by atoms with Crippen molar-refractivity contribution in [2.75, 3.05) is 19.0 Å². The van der Waals surface area contributed by atoms with Crippen LogP contribution in [0.1, 0.15) is 12.0 Å². The van der Waals surface area contributed by atoms with Gasteiger partial charge in [-0.25, -0.2) is 9.97 Å². The molecular formula is C8H13N3O. The summed E-state index contributed by atoms with van der Waals surface area (Å²) in [5.41, 5.74) is 1.06. The first-order chi connectivity index (χ1) is 5.86. The molecule has 0 fully saturated rings. The van der Waals surface area contributed by atoms with E-state index in [0.717, 1.165) is 18.4 Å². The molecule has 66 valence electrons. The zero-order valence-corrected chi connectivity index (χ0v) is 7.12. The number of hydrogen-bond donors (Lipinski definition) is 2. The van der Waals surface area contributed by atoms with Crippen molar-refractivity contribution in [2.45, 2.75) is 12.8 Å². The van der Waals surface area contributed by atoms with Crippen LogP contribution in [0.15, 0.2) is 12.4 Å². The Morgan fingerprint density at radius 3 is 2.58 bits per heavy atom. The van der Waals surface area contributed by atoms with Gasteiger partial charge in [0.1, 0.15) is 0 Å². The van der Waals surface area contributed by atoms with Crippen molar-refractivity contribution in [3.63, 3.8) is 0 Å². The van der Waals surface area contributed by atoms with Crippen LogP contribution < -0.4 is 5.32 Å². The Morgan fingerprint density at radius 2 is 2.08 bits per heavy atom. The molecule has 0 unspecified atom stereocenters. The number of aliphatic hydroxyl groups is 1. The van der Waals surface area contributed by atoms with E-state index in [2.05, 4.69) is 15.3 Å². The van der Waals surface area contributed by atoms with Gasteiger partial charge < -0.3 is 10.4 Å². The number of anilines is 1. The van der Waals surface area contributed by atoms with E-state index in [0.29, 0.717) is 5.95 Å². The van der Waals surface area contributed by atoms with E-state index in [1.807, 2.05) is 0 Å². The second kappa shape index (κ2) is 4.66. The van der Waals surface area contributed by atoms with Crippen LogP contribution in [-0.4, -0.2) is 28.7 Å². The molecule has 0 amide bonds. The number of aromatic nitrogens is 2. The van der Waals surface area contributed by atoms with E-state index < -0.39 is 0 Å². The van der Waals surface area contributed by atoms with Crippen molar-refractivity contribution in [2.24, 2.45) is 0 Å². The van der Waals surface area contributed by atoms with E-state index in [1.54, 1.807) is 19.4 Å². The van der Waals surface area contributed by atoms with Crippen LogP contribution in [0.2, 0.25) is 0 Å². The summed E-state index contributed by atoms with van der Waals surface area (Å²) in [6.45, 7) is 0.216. The molecule has 0 aliphatic rings. The van der Waals surface area contributed by atoms with Gasteiger partial charge in [0, 0.05) is 26.0 Å². The summed E-state index contributed by atoms with van der Waals surface area (Å²) in [5, 5.41) is 11.4. The fourth-order valence-corrected chi connectivity index (χ4v) is 0.896. The van der Waals surface area contributed by atoms with E-state index >= 15 is 0 Å². The average Bonchev–Trinajstić information content (AvgIpc) is 2.15. The van der Waals surface area contributed by atoms with E-state index in [4.69, 9.17) is 5.11 Å². The molecule has 0 spiro atoms. The van der Waals surface area contributed by atoms with Crippen molar-refractivity contribution >= 4 is 5.95 Å². The SMILES string of the molecule is CNc1ncc(CCCO)cn1. The zero-order valence-electron chi connectivity index (χ0n) is 7.12. The lowest BCUT2D eigenvalue weighted by Gasteiger charge is -1.99. The van der Waals surface area contributed by atoms with Crippen molar-refractivity contribution < 1.29 is 5.11 Å². The van der Waals surface area contributed by atoms with Crippen LogP contribution >= 0.6 is 0 Å². The van der Waals surface area contributed by atoms with Crippen molar-refractivity contribution in [3.8, 4) is 0 Å². The molecule has 0 saturated heterocycles. The number of rotatable bonds is 4. The molecule has 1 aromatic rings. The highest BCUT2D eigenvalue weighted by molar-refractivity contribution is 5.23. The van der Waals surface area contributed by atoms with Gasteiger partial charge in [-0.3, -0.25) is 0 Å². The Bertz CT molecular complexity index is 222. The minimum absolute atomic E-state index is 0.216. The molecule has 0 saturated carbocycles. The largest absolute Gasteiger partial charge is 0.396 e. The summed E-state index contributed by atoms with van der Waals surface area (Å²) in [7, 11) is 1.78. The quantitative estimate of drug-likeness (QED) is 0.683. The molecule has 1 aromatic heterocycles. The third-order valence-electron chi connectivity index (χ3n) is 1.55. The van der Waals surface area contributed by atoms with Gasteiger partial charge in [-0.1, -0.05) is 0 Å². The predicted molar refractivity (Wildman–Crippen MR) is 47.0 cm³/mol. The van der Waals surface area contributed by atoms with Crippen LogP contribution in [0.5, 0.6) is 0 Å². The standard InChI is InChI=1S/C8H13N3O/c1-9-8-10-5-7(6-11-8)3-2-4-12/h5-6,12H,2-4H2,1H3,(H,9,10,11). The molecule has 0 aromatic carbocycles. The maximum atomic E-state index is 8.58. The van der Waals surface area contributed by atoms with Crippen LogP contribution in [0, 0.1) is 0 Å². The Kier molecular flexibility index (Phi) is 3.47. The van der Waals surface area contributed by atoms with Gasteiger partial charge in [0.25, 0.3) is 0 Å². The van der Waals surface area contributed by atoms with Gasteiger partial charge >= 0.3 is 0 Å². The number of nitrogens with one attached hydrogen (secondary N) is 1. The summed E-state index contributed by atoms with van der Waals surface area (Å²) < 4.78 is 0. The summed E-state index contributed by atoms with van der Waals surface area (Å²) in [5.74, 6) is 0.628. The van der Waals surface area contributed by atoms with Crippen molar-refractivity contribution in [1.29, 1.82) is 0 Å². The van der Waals surface area contributed by atoms with Gasteiger partial charge in [-0.15, -0.1) is 0 Å². The maximum Gasteiger partial charge on any atom is 0.222 e. The fraction of sp³-hybridized carbons (Fsp3) is 0.500. The molecule has 2 N–H and O–H groups in total. The summed E-state index contributed by atoms with van der Waals surface area (Å²) in [6, 6.07) is 0. The number of aliphatic hydroxyl groups excluding tert-OH is 1. The molecule has 4 heteroatoms. The normalized spacial score (nSPS) is 9.83. The van der Waals surface area contributed by atoms with Crippen LogP contribution in [0.25, 0.3) is 0 Å². The summed E-state index contributed by atoms with van der Waals surface area (Å²) in [6.07, 6.45) is 5.14. The second-order valence-electron chi connectivity index (χ2n) is 2.49. The Hall–Kier alpha value is -1.16. The Labute approximate surface area is 71.7 Å². The Morgan fingerprint density at radius 1 is 1.42 bits per heavy atom. The topological polar surface area (TPSA) is 58.0 Å². The Balaban J connectivity index is 2.53. The van der Waals surface area contributed by atoms with Crippen LogP contribution in [0.3, 0.4) is 0 Å². The molecule has 12 heavy (non-hydrogen) atoms. The minimum atomic E-state index is 0.216. The molecule has 1 heterocycles. The predicted octanol–water partition coefficient (Wildman–Crippen LogP) is 0.443. The lowest BCUT2D eigenvalue weighted by molar-refractivity contribution is 0.288. The van der Waals surface area contributed by atoms with Gasteiger partial charge in [0.2, 0.25) is 5.95 Å². The fourth-order valence-electron chi connectivity index (χ4n) is 0.896. The molecule has 0 atom stereocenters. The molecular weight excluding hydrogens is 154 g/mol. The average molecular weight is 167 g/mol.